The van der Waals surface area contributed by atoms with Crippen LogP contribution in [0.4, 0.5) is 0 Å². The summed E-state index contributed by atoms with van der Waals surface area (Å²) in [6.07, 6.45) is 1.60. The van der Waals surface area contributed by atoms with Crippen molar-refractivity contribution in [3.05, 3.63) is 52.7 Å². The molecule has 0 saturated carbocycles. The van der Waals surface area contributed by atoms with Crippen molar-refractivity contribution < 1.29 is 14.2 Å². The molecule has 100 valence electrons. The molecule has 0 saturated heterocycles. The van der Waals surface area contributed by atoms with Crippen molar-refractivity contribution >= 4 is 0 Å². The minimum absolute atomic E-state index is 0.275. The minimum atomic E-state index is -2.43. The maximum absolute atomic E-state index is 8.24. The van der Waals surface area contributed by atoms with E-state index in [1.54, 1.807) is 42.1 Å². The van der Waals surface area contributed by atoms with Crippen molar-refractivity contribution in [1.82, 2.24) is 0 Å². The molecule has 19 heavy (non-hydrogen) atoms. The van der Waals surface area contributed by atoms with Crippen LogP contribution in [0.5, 0.6) is 0 Å². The molecule has 1 unspecified atom stereocenters. The van der Waals surface area contributed by atoms with Gasteiger partial charge >= 0.3 is 0 Å². The Kier molecular flexibility index (Phi) is 1.96. The average Bonchev–Trinajstić information content (AvgIpc) is 2.45. The Labute approximate surface area is 126 Å². The van der Waals surface area contributed by atoms with Crippen molar-refractivity contribution in [2.75, 3.05) is 0 Å². The molecular formula is C18H24N+. The van der Waals surface area contributed by atoms with Gasteiger partial charge in [0.2, 0.25) is 5.69 Å². The molecule has 1 heteroatoms. The molecule has 1 aromatic heterocycles. The number of aromatic nitrogens is 1. The van der Waals surface area contributed by atoms with E-state index in [-0.39, 0.29) is 5.56 Å². The molecule has 0 radical (unpaired) electrons. The maximum Gasteiger partial charge on any atom is 0.215 e. The van der Waals surface area contributed by atoms with E-state index in [0.717, 1.165) is 22.4 Å². The van der Waals surface area contributed by atoms with Crippen LogP contribution in [-0.4, -0.2) is 0 Å². The number of rotatable bonds is 2. The summed E-state index contributed by atoms with van der Waals surface area (Å²) in [5.41, 5.74) is 4.11. The molecule has 1 aromatic carbocycles. The van der Waals surface area contributed by atoms with Crippen molar-refractivity contribution in [2.24, 2.45) is 7.05 Å². The molecule has 2 rings (SSSR count). The number of aryl methyl sites for hydroxylation is 4. The van der Waals surface area contributed by atoms with Crippen LogP contribution in [0.2, 0.25) is 0 Å². The van der Waals surface area contributed by atoms with Gasteiger partial charge in [-0.15, -0.1) is 0 Å². The fourth-order valence-electron chi connectivity index (χ4n) is 2.46. The van der Waals surface area contributed by atoms with Gasteiger partial charge in [0, 0.05) is 26.3 Å². The van der Waals surface area contributed by atoms with Crippen LogP contribution in [0.15, 0.2) is 30.5 Å². The van der Waals surface area contributed by atoms with Crippen molar-refractivity contribution in [3.63, 3.8) is 0 Å². The van der Waals surface area contributed by atoms with Crippen LogP contribution in [0.1, 0.15) is 51.5 Å². The third kappa shape index (κ3) is 2.70. The fraction of sp³-hybridized carbons (Fsp3) is 0.389. The molecule has 0 bridgehead atoms. The molecule has 2 aromatic rings. The topological polar surface area (TPSA) is 3.88 Å². The van der Waals surface area contributed by atoms with E-state index >= 15 is 0 Å². The second-order valence-electron chi connectivity index (χ2n) is 5.03. The lowest BCUT2D eigenvalue weighted by molar-refractivity contribution is -0.661. The van der Waals surface area contributed by atoms with Gasteiger partial charge in [-0.2, -0.15) is 0 Å². The number of benzene rings is 1. The maximum atomic E-state index is 8.24. The molecule has 0 spiro atoms. The summed E-state index contributed by atoms with van der Waals surface area (Å²) in [6.45, 7) is 0.515. The van der Waals surface area contributed by atoms with Crippen LogP contribution in [0.25, 0.3) is 11.3 Å². The zero-order valence-corrected chi connectivity index (χ0v) is 11.8. The predicted octanol–water partition coefficient (Wildman–Crippen LogP) is 4.23. The first-order valence-electron chi connectivity index (χ1n) is 9.78. The molecule has 0 N–H and O–H groups in total. The van der Waals surface area contributed by atoms with E-state index in [9.17, 15) is 0 Å². The number of nitrogens with zero attached hydrogens (tertiary/aromatic N) is 1. The molecule has 1 nitrogen and oxygen atoms in total. The van der Waals surface area contributed by atoms with Crippen LogP contribution in [0, 0.1) is 20.7 Å². The van der Waals surface area contributed by atoms with E-state index in [0.29, 0.717) is 5.56 Å². The highest BCUT2D eigenvalue weighted by Gasteiger charge is 2.16. The summed E-state index contributed by atoms with van der Waals surface area (Å²) in [5, 5.41) is 0. The number of hydrogen-bond acceptors (Lipinski definition) is 0. The number of pyridine rings is 1. The fourth-order valence-corrected chi connectivity index (χ4v) is 2.46. The first kappa shape index (κ1) is 7.23. The molecule has 0 aliphatic carbocycles. The Morgan fingerprint density at radius 1 is 1.21 bits per heavy atom. The summed E-state index contributed by atoms with van der Waals surface area (Å²) in [6, 6.07) is 6.86. The molecule has 0 amide bonds. The second-order valence-corrected chi connectivity index (χ2v) is 5.03. The molecule has 0 aliphatic rings. The summed E-state index contributed by atoms with van der Waals surface area (Å²) in [7, 11) is 1.79. The third-order valence-electron chi connectivity index (χ3n) is 3.35. The molecule has 0 fully saturated rings. The Hall–Kier alpha value is -1.63. The van der Waals surface area contributed by atoms with Crippen molar-refractivity contribution in [2.45, 2.75) is 40.4 Å². The van der Waals surface area contributed by atoms with Crippen molar-refractivity contribution in [1.29, 1.82) is 0 Å². The Bertz CT molecular complexity index is 809. The van der Waals surface area contributed by atoms with Gasteiger partial charge in [0.15, 0.2) is 6.20 Å². The van der Waals surface area contributed by atoms with E-state index in [4.69, 9.17) is 9.60 Å². The lowest BCUT2D eigenvalue weighted by Gasteiger charge is -2.11. The van der Waals surface area contributed by atoms with Gasteiger partial charge in [-0.25, -0.2) is 4.57 Å². The second kappa shape index (κ2) is 5.16. The minimum Gasteiger partial charge on any atom is -0.201 e. The van der Waals surface area contributed by atoms with E-state index in [1.807, 2.05) is 13.8 Å². The van der Waals surface area contributed by atoms with E-state index < -0.39 is 19.6 Å². The first-order valence-corrected chi connectivity index (χ1v) is 6.28. The van der Waals surface area contributed by atoms with E-state index in [2.05, 4.69) is 0 Å². The lowest BCUT2D eigenvalue weighted by atomic mass is 9.94. The van der Waals surface area contributed by atoms with Crippen molar-refractivity contribution in [3.8, 4) is 11.3 Å². The molecule has 0 aliphatic heterocycles. The Balaban J connectivity index is 2.59. The highest BCUT2D eigenvalue weighted by Crippen LogP contribution is 2.26. The van der Waals surface area contributed by atoms with Gasteiger partial charge in [0.1, 0.15) is 7.05 Å². The molecular weight excluding hydrogens is 230 g/mol. The molecule has 1 heterocycles. The SMILES string of the molecule is [2H]C([2H])([2H])c1cc(C)c(-c2ccc(C([2H])(C)C([2H])([2H])[2H])cc2C)[n+](C)c1. The van der Waals surface area contributed by atoms with Crippen LogP contribution < -0.4 is 4.57 Å². The Morgan fingerprint density at radius 3 is 2.58 bits per heavy atom. The third-order valence-corrected chi connectivity index (χ3v) is 3.35. The van der Waals surface area contributed by atoms with Crippen LogP contribution in [-0.2, 0) is 7.05 Å². The van der Waals surface area contributed by atoms with E-state index in [1.165, 1.54) is 6.92 Å². The van der Waals surface area contributed by atoms with Gasteiger partial charge in [-0.05, 0) is 49.9 Å². The highest BCUT2D eigenvalue weighted by molar-refractivity contribution is 5.64. The van der Waals surface area contributed by atoms with Gasteiger partial charge in [0.05, 0.1) is 0 Å². The highest BCUT2D eigenvalue weighted by atomic mass is 14.9. The van der Waals surface area contributed by atoms with Gasteiger partial charge in [-0.1, -0.05) is 25.9 Å². The first-order chi connectivity index (χ1) is 11.7. The monoisotopic (exact) mass is 261 g/mol. The van der Waals surface area contributed by atoms with Crippen LogP contribution in [0.3, 0.4) is 0 Å². The summed E-state index contributed by atoms with van der Waals surface area (Å²) < 4.78 is 55.6. The Morgan fingerprint density at radius 2 is 2.00 bits per heavy atom. The summed E-state index contributed by atoms with van der Waals surface area (Å²) in [4.78, 5) is 0. The number of hydrogen-bond donors (Lipinski definition) is 0. The largest absolute Gasteiger partial charge is 0.215 e. The predicted molar refractivity (Wildman–Crippen MR) is 81.4 cm³/mol. The van der Waals surface area contributed by atoms with Gasteiger partial charge in [-0.3, -0.25) is 0 Å². The smallest absolute Gasteiger partial charge is 0.201 e. The quantitative estimate of drug-likeness (QED) is 0.712. The van der Waals surface area contributed by atoms with Gasteiger partial charge < -0.3 is 0 Å². The normalized spacial score (nSPS) is 20.9. The average molecular weight is 261 g/mol. The zero-order chi connectivity index (χ0) is 20.1. The summed E-state index contributed by atoms with van der Waals surface area (Å²) in [5.74, 6) is -1.70. The lowest BCUT2D eigenvalue weighted by Crippen LogP contribution is -2.32. The summed E-state index contributed by atoms with van der Waals surface area (Å²) >= 11 is 0. The molecule has 1 atom stereocenters. The van der Waals surface area contributed by atoms with Crippen LogP contribution >= 0.6 is 0 Å². The standard InChI is InChI=1S/C18H24N/c1-12(2)16-7-8-17(14(4)10-16)18-15(5)9-13(3)11-19(18)6/h7-12H,1-6H3/q+1/i1D3,3D3,12D. The zero-order valence-electron chi connectivity index (χ0n) is 18.8. The van der Waals surface area contributed by atoms with Gasteiger partial charge in [0.25, 0.3) is 0 Å².